The van der Waals surface area contributed by atoms with E-state index in [-0.39, 0.29) is 5.56 Å². The summed E-state index contributed by atoms with van der Waals surface area (Å²) < 4.78 is 52.5. The van der Waals surface area contributed by atoms with Gasteiger partial charge in [-0.25, -0.2) is 4.39 Å². The molecule has 1 nitrogen and oxygen atoms in total. The van der Waals surface area contributed by atoms with E-state index in [4.69, 9.17) is 5.26 Å². The predicted octanol–water partition coefficient (Wildman–Crippen LogP) is 4.95. The first-order chi connectivity index (χ1) is 9.86. The van der Waals surface area contributed by atoms with E-state index < -0.39 is 23.1 Å². The molecule has 0 aromatic heterocycles. The summed E-state index contributed by atoms with van der Waals surface area (Å²) in [6, 6.07) is 9.21. The maximum Gasteiger partial charge on any atom is 0.417 e. The number of aryl methyl sites for hydroxylation is 1. The largest absolute Gasteiger partial charge is 0.417 e. The second-order valence-electron chi connectivity index (χ2n) is 4.53. The van der Waals surface area contributed by atoms with E-state index in [1.54, 1.807) is 19.1 Å². The monoisotopic (exact) mass is 293 g/mol. The molecule has 0 unspecified atom stereocenters. The number of hydrogen-bond acceptors (Lipinski definition) is 1. The number of alkyl halides is 3. The molecule has 2 rings (SSSR count). The highest BCUT2D eigenvalue weighted by Crippen LogP contribution is 2.35. The van der Waals surface area contributed by atoms with Crippen LogP contribution in [-0.4, -0.2) is 0 Å². The summed E-state index contributed by atoms with van der Waals surface area (Å²) >= 11 is 0. The molecule has 108 valence electrons. The Balaban J connectivity index is 2.56. The van der Waals surface area contributed by atoms with Crippen LogP contribution >= 0.6 is 0 Å². The smallest absolute Gasteiger partial charge is 0.207 e. The minimum atomic E-state index is -4.62. The van der Waals surface area contributed by atoms with Crippen LogP contribution in [-0.2, 0) is 12.6 Å². The van der Waals surface area contributed by atoms with Gasteiger partial charge < -0.3 is 0 Å². The first-order valence-electron chi connectivity index (χ1n) is 6.27. The first-order valence-corrected chi connectivity index (χ1v) is 6.27. The van der Waals surface area contributed by atoms with Crippen molar-refractivity contribution in [1.82, 2.24) is 0 Å². The van der Waals surface area contributed by atoms with Gasteiger partial charge in [-0.3, -0.25) is 0 Å². The third kappa shape index (κ3) is 3.05. The number of benzene rings is 2. The molecule has 0 saturated carbocycles. The summed E-state index contributed by atoms with van der Waals surface area (Å²) in [5.74, 6) is -0.451. The first kappa shape index (κ1) is 15.0. The second kappa shape index (κ2) is 5.57. The van der Waals surface area contributed by atoms with Crippen molar-refractivity contribution in [3.63, 3.8) is 0 Å². The zero-order valence-electron chi connectivity index (χ0n) is 11.1. The molecule has 0 saturated heterocycles. The molecule has 0 aliphatic heterocycles. The fraction of sp³-hybridized carbons (Fsp3) is 0.188. The van der Waals surface area contributed by atoms with Gasteiger partial charge in [0, 0.05) is 0 Å². The molecule has 2 aromatic rings. The molecule has 0 spiro atoms. The molecule has 0 bridgehead atoms. The lowest BCUT2D eigenvalue weighted by molar-refractivity contribution is -0.137. The van der Waals surface area contributed by atoms with Crippen molar-refractivity contribution >= 4 is 0 Å². The van der Waals surface area contributed by atoms with E-state index in [0.29, 0.717) is 17.5 Å². The van der Waals surface area contributed by atoms with Crippen molar-refractivity contribution in [3.05, 3.63) is 58.9 Å². The van der Waals surface area contributed by atoms with Crippen LogP contribution in [0, 0.1) is 17.1 Å². The average molecular weight is 293 g/mol. The Morgan fingerprint density at radius 1 is 1.05 bits per heavy atom. The van der Waals surface area contributed by atoms with Crippen LogP contribution in [0.25, 0.3) is 11.1 Å². The summed E-state index contributed by atoms with van der Waals surface area (Å²) in [6.07, 6.45) is -4.11. The Hall–Kier alpha value is -2.35. The number of nitriles is 1. The van der Waals surface area contributed by atoms with Gasteiger partial charge in [-0.1, -0.05) is 25.1 Å². The average Bonchev–Trinajstić information content (AvgIpc) is 2.45. The quantitative estimate of drug-likeness (QED) is 0.719. The molecular formula is C16H11F4N. The lowest BCUT2D eigenvalue weighted by atomic mass is 9.98. The van der Waals surface area contributed by atoms with Gasteiger partial charge in [0.1, 0.15) is 5.82 Å². The molecule has 0 heterocycles. The van der Waals surface area contributed by atoms with Crippen LogP contribution in [0.15, 0.2) is 36.4 Å². The minimum Gasteiger partial charge on any atom is -0.207 e. The molecule has 0 amide bonds. The van der Waals surface area contributed by atoms with Gasteiger partial charge in [0.15, 0.2) is 0 Å². The van der Waals surface area contributed by atoms with Crippen molar-refractivity contribution in [2.24, 2.45) is 0 Å². The highest BCUT2D eigenvalue weighted by atomic mass is 19.4. The lowest BCUT2D eigenvalue weighted by Crippen LogP contribution is -2.08. The van der Waals surface area contributed by atoms with Crippen LogP contribution in [0.3, 0.4) is 0 Å². The lowest BCUT2D eigenvalue weighted by Gasteiger charge is -2.11. The van der Waals surface area contributed by atoms with Crippen LogP contribution in [0.1, 0.15) is 23.6 Å². The predicted molar refractivity (Wildman–Crippen MR) is 70.9 cm³/mol. The summed E-state index contributed by atoms with van der Waals surface area (Å²) in [5.41, 5.74) is -0.384. The van der Waals surface area contributed by atoms with Gasteiger partial charge in [0.05, 0.1) is 17.2 Å². The van der Waals surface area contributed by atoms with Gasteiger partial charge in [0.2, 0.25) is 0 Å². The Bertz CT molecular complexity index is 711. The van der Waals surface area contributed by atoms with Gasteiger partial charge >= 0.3 is 6.18 Å². The van der Waals surface area contributed by atoms with Crippen molar-refractivity contribution < 1.29 is 17.6 Å². The fourth-order valence-corrected chi connectivity index (χ4v) is 2.07. The highest BCUT2D eigenvalue weighted by Gasteiger charge is 2.33. The van der Waals surface area contributed by atoms with Gasteiger partial charge in [-0.15, -0.1) is 0 Å². The molecule has 0 N–H and O–H groups in total. The summed E-state index contributed by atoms with van der Waals surface area (Å²) in [4.78, 5) is 0. The van der Waals surface area contributed by atoms with Gasteiger partial charge in [0.25, 0.3) is 0 Å². The third-order valence-electron chi connectivity index (χ3n) is 3.21. The van der Waals surface area contributed by atoms with Crippen LogP contribution in [0.4, 0.5) is 17.6 Å². The number of nitrogens with zero attached hydrogens (tertiary/aromatic N) is 1. The second-order valence-corrected chi connectivity index (χ2v) is 4.53. The number of halogens is 4. The molecular weight excluding hydrogens is 282 g/mol. The maximum absolute atomic E-state index is 13.7. The van der Waals surface area contributed by atoms with Crippen LogP contribution in [0.2, 0.25) is 0 Å². The van der Waals surface area contributed by atoms with E-state index in [1.807, 2.05) is 0 Å². The van der Waals surface area contributed by atoms with Crippen LogP contribution < -0.4 is 0 Å². The van der Waals surface area contributed by atoms with Gasteiger partial charge in [-0.2, -0.15) is 18.4 Å². The number of hydrogen-bond donors (Lipinski definition) is 0. The minimum absolute atomic E-state index is 0.225. The molecule has 21 heavy (non-hydrogen) atoms. The molecule has 2 aromatic carbocycles. The molecule has 5 heteroatoms. The van der Waals surface area contributed by atoms with Gasteiger partial charge in [-0.05, 0) is 41.3 Å². The zero-order chi connectivity index (χ0) is 15.6. The van der Waals surface area contributed by atoms with Crippen molar-refractivity contribution in [3.8, 4) is 17.2 Å². The SMILES string of the molecule is CCc1ccc(-c2ccc(C#N)c(C(F)(F)F)c2)cc1F. The number of rotatable bonds is 2. The van der Waals surface area contributed by atoms with E-state index in [9.17, 15) is 17.6 Å². The summed E-state index contributed by atoms with van der Waals surface area (Å²) in [7, 11) is 0. The molecule has 0 aliphatic rings. The normalized spacial score (nSPS) is 11.2. The molecule has 0 atom stereocenters. The van der Waals surface area contributed by atoms with Crippen molar-refractivity contribution in [2.75, 3.05) is 0 Å². The van der Waals surface area contributed by atoms with Crippen molar-refractivity contribution in [1.29, 1.82) is 5.26 Å². The Morgan fingerprint density at radius 2 is 1.67 bits per heavy atom. The molecule has 0 radical (unpaired) electrons. The highest BCUT2D eigenvalue weighted by molar-refractivity contribution is 5.66. The standard InChI is InChI=1S/C16H11F4N/c1-2-10-3-4-12(8-15(10)17)11-5-6-13(9-21)14(7-11)16(18,19)20/h3-8H,2H2,1H3. The van der Waals surface area contributed by atoms with E-state index in [0.717, 1.165) is 12.1 Å². The van der Waals surface area contributed by atoms with E-state index >= 15 is 0 Å². The van der Waals surface area contributed by atoms with Crippen molar-refractivity contribution in [2.45, 2.75) is 19.5 Å². The van der Waals surface area contributed by atoms with E-state index in [2.05, 4.69) is 0 Å². The fourth-order valence-electron chi connectivity index (χ4n) is 2.07. The summed E-state index contributed by atoms with van der Waals surface area (Å²) in [6.45, 7) is 1.79. The zero-order valence-corrected chi connectivity index (χ0v) is 11.1. The third-order valence-corrected chi connectivity index (χ3v) is 3.21. The molecule has 0 fully saturated rings. The van der Waals surface area contributed by atoms with E-state index in [1.165, 1.54) is 18.2 Å². The molecule has 0 aliphatic carbocycles. The Kier molecular flexibility index (Phi) is 3.99. The Labute approximate surface area is 119 Å². The summed E-state index contributed by atoms with van der Waals surface area (Å²) in [5, 5.41) is 8.75. The maximum atomic E-state index is 13.7. The van der Waals surface area contributed by atoms with Crippen LogP contribution in [0.5, 0.6) is 0 Å². The Morgan fingerprint density at radius 3 is 2.19 bits per heavy atom. The topological polar surface area (TPSA) is 23.8 Å².